The Hall–Kier alpha value is -2.20. The van der Waals surface area contributed by atoms with E-state index in [0.29, 0.717) is 25.1 Å². The van der Waals surface area contributed by atoms with Gasteiger partial charge in [0, 0.05) is 19.4 Å². The molecular formula is C12H16N4O3. The molecule has 0 aliphatic heterocycles. The molecule has 7 nitrogen and oxygen atoms in total. The average Bonchev–Trinajstić information content (AvgIpc) is 2.37. The van der Waals surface area contributed by atoms with Crippen molar-refractivity contribution in [1.82, 2.24) is 9.97 Å². The van der Waals surface area contributed by atoms with E-state index in [1.165, 1.54) is 6.07 Å². The smallest absolute Gasteiger partial charge is 0.326 e. The summed E-state index contributed by atoms with van der Waals surface area (Å²) in [5, 5.41) is 20.6. The highest BCUT2D eigenvalue weighted by molar-refractivity contribution is 5.76. The lowest BCUT2D eigenvalue weighted by Crippen LogP contribution is -2.30. The van der Waals surface area contributed by atoms with Crippen LogP contribution in [-0.4, -0.2) is 40.8 Å². The number of hydrogen-bond donors (Lipinski definition) is 2. The quantitative estimate of drug-likeness (QED) is 0.705. The van der Waals surface area contributed by atoms with Crippen LogP contribution < -0.4 is 5.32 Å². The van der Waals surface area contributed by atoms with E-state index in [4.69, 9.17) is 15.1 Å². The van der Waals surface area contributed by atoms with Crippen LogP contribution in [0.3, 0.4) is 0 Å². The van der Waals surface area contributed by atoms with E-state index in [-0.39, 0.29) is 11.6 Å². The van der Waals surface area contributed by atoms with Gasteiger partial charge in [0.05, 0.1) is 0 Å². The zero-order chi connectivity index (χ0) is 14.3. The number of hydrogen-bond acceptors (Lipinski definition) is 6. The zero-order valence-electron chi connectivity index (χ0n) is 10.9. The fourth-order valence-corrected chi connectivity index (χ4v) is 1.54. The van der Waals surface area contributed by atoms with Crippen molar-refractivity contribution in [3.05, 3.63) is 17.5 Å². The molecule has 0 aromatic carbocycles. The molecule has 1 rings (SSSR count). The van der Waals surface area contributed by atoms with Gasteiger partial charge in [-0.3, -0.25) is 0 Å². The monoisotopic (exact) mass is 264 g/mol. The molecule has 1 aromatic heterocycles. The number of carbonyl (C=O) groups is 1. The predicted molar refractivity (Wildman–Crippen MR) is 67.6 cm³/mol. The van der Waals surface area contributed by atoms with Gasteiger partial charge in [0.15, 0.2) is 0 Å². The number of aryl methyl sites for hydroxylation is 1. The Morgan fingerprint density at radius 2 is 2.37 bits per heavy atom. The lowest BCUT2D eigenvalue weighted by Gasteiger charge is -2.14. The van der Waals surface area contributed by atoms with Gasteiger partial charge >= 0.3 is 5.97 Å². The molecule has 2 N–H and O–H groups in total. The van der Waals surface area contributed by atoms with Crippen LogP contribution in [0.15, 0.2) is 6.07 Å². The SMILES string of the molecule is COCCCC(Nc1nc(C)cc(C#N)n1)C(=O)O. The maximum absolute atomic E-state index is 11.1. The number of carboxylic acids is 1. The summed E-state index contributed by atoms with van der Waals surface area (Å²) in [5.74, 6) is -0.832. The summed E-state index contributed by atoms with van der Waals surface area (Å²) >= 11 is 0. The largest absolute Gasteiger partial charge is 0.480 e. The van der Waals surface area contributed by atoms with Gasteiger partial charge in [-0.05, 0) is 25.8 Å². The van der Waals surface area contributed by atoms with E-state index >= 15 is 0 Å². The standard InChI is InChI=1S/C12H16N4O3/c1-8-6-9(7-13)15-12(14-8)16-10(11(17)18)4-3-5-19-2/h6,10H,3-5H2,1-2H3,(H,17,18)(H,14,15,16). The minimum Gasteiger partial charge on any atom is -0.480 e. The Kier molecular flexibility index (Phi) is 5.70. The van der Waals surface area contributed by atoms with Crippen molar-refractivity contribution in [3.8, 4) is 6.07 Å². The van der Waals surface area contributed by atoms with Crippen LogP contribution in [0.4, 0.5) is 5.95 Å². The molecule has 102 valence electrons. The molecule has 1 atom stereocenters. The van der Waals surface area contributed by atoms with E-state index in [2.05, 4.69) is 15.3 Å². The fourth-order valence-electron chi connectivity index (χ4n) is 1.54. The molecule has 0 saturated heterocycles. The highest BCUT2D eigenvalue weighted by atomic mass is 16.5. The van der Waals surface area contributed by atoms with E-state index in [1.54, 1.807) is 14.0 Å². The predicted octanol–water partition coefficient (Wildman–Crippen LogP) is 0.948. The maximum atomic E-state index is 11.1. The molecular weight excluding hydrogens is 248 g/mol. The second-order valence-electron chi connectivity index (χ2n) is 4.00. The van der Waals surface area contributed by atoms with Crippen molar-refractivity contribution < 1.29 is 14.6 Å². The third kappa shape index (κ3) is 4.89. The normalized spacial score (nSPS) is 11.6. The first kappa shape index (κ1) is 14.9. The van der Waals surface area contributed by atoms with E-state index < -0.39 is 12.0 Å². The van der Waals surface area contributed by atoms with Gasteiger partial charge in [-0.15, -0.1) is 0 Å². The molecule has 0 radical (unpaired) electrons. The molecule has 0 aliphatic rings. The summed E-state index contributed by atoms with van der Waals surface area (Å²) in [6, 6.07) is 2.64. The lowest BCUT2D eigenvalue weighted by molar-refractivity contribution is -0.138. The number of aliphatic carboxylic acids is 1. The van der Waals surface area contributed by atoms with Crippen LogP contribution >= 0.6 is 0 Å². The number of rotatable bonds is 7. The minimum absolute atomic E-state index is 0.154. The molecule has 0 aliphatic carbocycles. The summed E-state index contributed by atoms with van der Waals surface area (Å²) in [7, 11) is 1.56. The highest BCUT2D eigenvalue weighted by Crippen LogP contribution is 2.08. The van der Waals surface area contributed by atoms with Crippen molar-refractivity contribution in [3.63, 3.8) is 0 Å². The average molecular weight is 264 g/mol. The maximum Gasteiger partial charge on any atom is 0.326 e. The van der Waals surface area contributed by atoms with Crippen molar-refractivity contribution in [2.75, 3.05) is 19.0 Å². The molecule has 0 spiro atoms. The van der Waals surface area contributed by atoms with Crippen molar-refractivity contribution in [1.29, 1.82) is 5.26 Å². The Balaban J connectivity index is 2.76. The molecule has 19 heavy (non-hydrogen) atoms. The topological polar surface area (TPSA) is 108 Å². The second kappa shape index (κ2) is 7.28. The van der Waals surface area contributed by atoms with Crippen molar-refractivity contribution in [2.45, 2.75) is 25.8 Å². The van der Waals surface area contributed by atoms with Crippen LogP contribution in [0.2, 0.25) is 0 Å². The lowest BCUT2D eigenvalue weighted by atomic mass is 10.1. The Morgan fingerprint density at radius 1 is 1.63 bits per heavy atom. The zero-order valence-corrected chi connectivity index (χ0v) is 10.9. The fraction of sp³-hybridized carbons (Fsp3) is 0.500. The van der Waals surface area contributed by atoms with Gasteiger partial charge in [0.2, 0.25) is 5.95 Å². The first-order valence-electron chi connectivity index (χ1n) is 5.81. The molecule has 0 amide bonds. The third-order valence-corrected chi connectivity index (χ3v) is 2.41. The van der Waals surface area contributed by atoms with Crippen LogP contribution in [0.1, 0.15) is 24.2 Å². The van der Waals surface area contributed by atoms with Crippen LogP contribution in [-0.2, 0) is 9.53 Å². The number of nitriles is 1. The van der Waals surface area contributed by atoms with Gasteiger partial charge in [0.1, 0.15) is 17.8 Å². The molecule has 1 unspecified atom stereocenters. The Bertz CT molecular complexity index is 484. The van der Waals surface area contributed by atoms with Gasteiger partial charge in [-0.2, -0.15) is 5.26 Å². The molecule has 0 saturated carbocycles. The summed E-state index contributed by atoms with van der Waals surface area (Å²) in [4.78, 5) is 19.1. The molecule has 1 heterocycles. The number of carboxylic acid groups (broad SMARTS) is 1. The molecule has 1 aromatic rings. The van der Waals surface area contributed by atoms with Crippen LogP contribution in [0.5, 0.6) is 0 Å². The third-order valence-electron chi connectivity index (χ3n) is 2.41. The number of aromatic nitrogens is 2. The van der Waals surface area contributed by atoms with Gasteiger partial charge in [-0.25, -0.2) is 14.8 Å². The van der Waals surface area contributed by atoms with E-state index in [9.17, 15) is 4.79 Å². The molecule has 7 heteroatoms. The summed E-state index contributed by atoms with van der Waals surface area (Å²) in [5.41, 5.74) is 0.811. The number of anilines is 1. The van der Waals surface area contributed by atoms with Crippen LogP contribution in [0, 0.1) is 18.3 Å². The summed E-state index contributed by atoms with van der Waals surface area (Å²) < 4.78 is 4.88. The van der Waals surface area contributed by atoms with Gasteiger partial charge < -0.3 is 15.2 Å². The first-order chi connectivity index (χ1) is 9.06. The van der Waals surface area contributed by atoms with Crippen LogP contribution in [0.25, 0.3) is 0 Å². The van der Waals surface area contributed by atoms with Gasteiger partial charge in [-0.1, -0.05) is 0 Å². The van der Waals surface area contributed by atoms with Crippen molar-refractivity contribution >= 4 is 11.9 Å². The summed E-state index contributed by atoms with van der Waals surface area (Å²) in [6.07, 6.45) is 1.000. The van der Waals surface area contributed by atoms with E-state index in [1.807, 2.05) is 6.07 Å². The van der Waals surface area contributed by atoms with Crippen molar-refractivity contribution in [2.24, 2.45) is 0 Å². The molecule has 0 fully saturated rings. The van der Waals surface area contributed by atoms with E-state index in [0.717, 1.165) is 0 Å². The number of nitrogens with zero attached hydrogens (tertiary/aromatic N) is 3. The minimum atomic E-state index is -0.986. The first-order valence-corrected chi connectivity index (χ1v) is 5.81. The number of ether oxygens (including phenoxy) is 1. The molecule has 0 bridgehead atoms. The summed E-state index contributed by atoms with van der Waals surface area (Å²) in [6.45, 7) is 2.21. The Morgan fingerprint density at radius 3 is 2.95 bits per heavy atom. The number of nitrogens with one attached hydrogen (secondary N) is 1. The Labute approximate surface area is 111 Å². The second-order valence-corrected chi connectivity index (χ2v) is 4.00. The van der Waals surface area contributed by atoms with Gasteiger partial charge in [0.25, 0.3) is 0 Å². The number of methoxy groups -OCH3 is 1. The highest BCUT2D eigenvalue weighted by Gasteiger charge is 2.18.